The van der Waals surface area contributed by atoms with Crippen molar-refractivity contribution in [2.75, 3.05) is 0 Å². The molecule has 0 spiro atoms. The zero-order valence-electron chi connectivity index (χ0n) is 11.4. The molecule has 2 rings (SSSR count). The van der Waals surface area contributed by atoms with Crippen molar-refractivity contribution in [3.63, 3.8) is 0 Å². The average Bonchev–Trinajstić information content (AvgIpc) is 2.86. The van der Waals surface area contributed by atoms with E-state index < -0.39 is 6.04 Å². The zero-order chi connectivity index (χ0) is 13.5. The van der Waals surface area contributed by atoms with Crippen LogP contribution in [-0.2, 0) is 12.5 Å². The van der Waals surface area contributed by atoms with Crippen LogP contribution in [0.5, 0.6) is 0 Å². The van der Waals surface area contributed by atoms with Crippen LogP contribution in [0.15, 0.2) is 10.7 Å². The zero-order valence-corrected chi connectivity index (χ0v) is 11.4. The monoisotopic (exact) mass is 249 g/mol. The van der Waals surface area contributed by atoms with Crippen molar-refractivity contribution in [2.45, 2.75) is 39.2 Å². The summed E-state index contributed by atoms with van der Waals surface area (Å²) < 4.78 is 7.03. The van der Waals surface area contributed by atoms with Crippen LogP contribution in [0.2, 0.25) is 0 Å². The van der Waals surface area contributed by atoms with Gasteiger partial charge in [-0.1, -0.05) is 25.9 Å². The van der Waals surface area contributed by atoms with Gasteiger partial charge < -0.3 is 10.3 Å². The summed E-state index contributed by atoms with van der Waals surface area (Å²) in [5, 5.41) is 8.13. The first kappa shape index (κ1) is 12.8. The molecule has 0 aliphatic heterocycles. The number of rotatable bonds is 2. The molecule has 0 aliphatic rings. The first-order valence-electron chi connectivity index (χ1n) is 5.89. The Labute approximate surface area is 106 Å². The predicted octanol–water partition coefficient (Wildman–Crippen LogP) is 1.46. The van der Waals surface area contributed by atoms with Gasteiger partial charge in [-0.2, -0.15) is 10.1 Å². The maximum absolute atomic E-state index is 6.15. The maximum atomic E-state index is 6.15. The van der Waals surface area contributed by atoms with Gasteiger partial charge >= 0.3 is 0 Å². The Balaban J connectivity index is 2.32. The predicted molar refractivity (Wildman–Crippen MR) is 67.0 cm³/mol. The SMILES string of the molecule is Cc1c(C(N)c2noc(C(C)(C)C)n2)cnn1C. The largest absolute Gasteiger partial charge is 0.339 e. The summed E-state index contributed by atoms with van der Waals surface area (Å²) in [6, 6.07) is -0.404. The van der Waals surface area contributed by atoms with E-state index in [0.29, 0.717) is 11.7 Å². The van der Waals surface area contributed by atoms with E-state index in [2.05, 4.69) is 15.2 Å². The van der Waals surface area contributed by atoms with Crippen LogP contribution < -0.4 is 5.73 Å². The lowest BCUT2D eigenvalue weighted by molar-refractivity contribution is 0.317. The second-order valence-corrected chi connectivity index (χ2v) is 5.49. The minimum Gasteiger partial charge on any atom is -0.339 e. The highest BCUT2D eigenvalue weighted by Gasteiger charge is 2.25. The van der Waals surface area contributed by atoms with Gasteiger partial charge in [0.15, 0.2) is 5.82 Å². The second-order valence-electron chi connectivity index (χ2n) is 5.49. The van der Waals surface area contributed by atoms with Crippen molar-refractivity contribution in [3.05, 3.63) is 29.2 Å². The summed E-state index contributed by atoms with van der Waals surface area (Å²) in [6.07, 6.45) is 1.74. The minimum absolute atomic E-state index is 0.172. The molecule has 18 heavy (non-hydrogen) atoms. The topological polar surface area (TPSA) is 82.8 Å². The number of aromatic nitrogens is 4. The highest BCUT2D eigenvalue weighted by Crippen LogP contribution is 2.24. The minimum atomic E-state index is -0.404. The first-order valence-corrected chi connectivity index (χ1v) is 5.89. The summed E-state index contributed by atoms with van der Waals surface area (Å²) in [5.41, 5.74) is 7.90. The van der Waals surface area contributed by atoms with Gasteiger partial charge in [0.2, 0.25) is 5.89 Å². The van der Waals surface area contributed by atoms with Crippen molar-refractivity contribution in [1.82, 2.24) is 19.9 Å². The highest BCUT2D eigenvalue weighted by atomic mass is 16.5. The third kappa shape index (κ3) is 2.15. The van der Waals surface area contributed by atoms with Crippen LogP contribution in [0.25, 0.3) is 0 Å². The van der Waals surface area contributed by atoms with E-state index in [0.717, 1.165) is 11.3 Å². The maximum Gasteiger partial charge on any atom is 0.232 e. The van der Waals surface area contributed by atoms with Crippen molar-refractivity contribution in [2.24, 2.45) is 12.8 Å². The first-order chi connectivity index (χ1) is 8.30. The summed E-state index contributed by atoms with van der Waals surface area (Å²) in [6.45, 7) is 8.02. The standard InChI is InChI=1S/C12H19N5O/c1-7-8(6-14-17(7)5)9(13)10-15-11(18-16-10)12(2,3)4/h6,9H,13H2,1-5H3. The molecule has 0 saturated carbocycles. The van der Waals surface area contributed by atoms with E-state index in [1.54, 1.807) is 10.9 Å². The molecule has 6 nitrogen and oxygen atoms in total. The van der Waals surface area contributed by atoms with E-state index in [-0.39, 0.29) is 5.41 Å². The lowest BCUT2D eigenvalue weighted by Crippen LogP contribution is -2.16. The van der Waals surface area contributed by atoms with Crippen molar-refractivity contribution < 1.29 is 4.52 Å². The molecule has 0 radical (unpaired) electrons. The molecule has 0 saturated heterocycles. The molecule has 0 aromatic carbocycles. The van der Waals surface area contributed by atoms with E-state index in [4.69, 9.17) is 10.3 Å². The Hall–Kier alpha value is -1.69. The van der Waals surface area contributed by atoms with Crippen molar-refractivity contribution >= 4 is 0 Å². The van der Waals surface area contributed by atoms with E-state index >= 15 is 0 Å². The molecule has 1 unspecified atom stereocenters. The molecule has 2 aromatic rings. The van der Waals surface area contributed by atoms with Gasteiger partial charge in [0.05, 0.1) is 12.2 Å². The Morgan fingerprint density at radius 2 is 2.06 bits per heavy atom. The van der Waals surface area contributed by atoms with Crippen molar-refractivity contribution in [1.29, 1.82) is 0 Å². The Morgan fingerprint density at radius 1 is 1.39 bits per heavy atom. The lowest BCUT2D eigenvalue weighted by atomic mass is 9.97. The van der Waals surface area contributed by atoms with E-state index in [1.165, 1.54) is 0 Å². The summed E-state index contributed by atoms with van der Waals surface area (Å²) in [4.78, 5) is 4.37. The molecule has 0 bridgehead atoms. The van der Waals surface area contributed by atoms with Crippen LogP contribution in [-0.4, -0.2) is 19.9 Å². The van der Waals surface area contributed by atoms with E-state index in [1.807, 2.05) is 34.7 Å². The third-order valence-electron chi connectivity index (χ3n) is 2.97. The average molecular weight is 249 g/mol. The lowest BCUT2D eigenvalue weighted by Gasteiger charge is -2.11. The molecule has 0 aliphatic carbocycles. The van der Waals surface area contributed by atoms with Gasteiger partial charge in [-0.15, -0.1) is 0 Å². The molecule has 2 heterocycles. The molecular formula is C12H19N5O. The summed E-state index contributed by atoms with van der Waals surface area (Å²) in [7, 11) is 1.88. The Morgan fingerprint density at radius 3 is 2.50 bits per heavy atom. The van der Waals surface area contributed by atoms with Gasteiger partial charge in [0.25, 0.3) is 0 Å². The fourth-order valence-electron chi connectivity index (χ4n) is 1.63. The van der Waals surface area contributed by atoms with Gasteiger partial charge in [-0.05, 0) is 6.92 Å². The van der Waals surface area contributed by atoms with Gasteiger partial charge in [0, 0.05) is 23.7 Å². The molecular weight excluding hydrogens is 230 g/mol. The summed E-state index contributed by atoms with van der Waals surface area (Å²) >= 11 is 0. The molecule has 98 valence electrons. The third-order valence-corrected chi connectivity index (χ3v) is 2.97. The van der Waals surface area contributed by atoms with Crippen LogP contribution >= 0.6 is 0 Å². The van der Waals surface area contributed by atoms with Gasteiger partial charge in [-0.3, -0.25) is 4.68 Å². The number of hydrogen-bond donors (Lipinski definition) is 1. The Bertz CT molecular complexity index is 549. The van der Waals surface area contributed by atoms with Crippen LogP contribution in [0, 0.1) is 6.92 Å². The van der Waals surface area contributed by atoms with Gasteiger partial charge in [0.1, 0.15) is 0 Å². The normalized spacial score (nSPS) is 13.9. The number of hydrogen-bond acceptors (Lipinski definition) is 5. The quantitative estimate of drug-likeness (QED) is 0.871. The highest BCUT2D eigenvalue weighted by molar-refractivity contribution is 5.25. The molecule has 0 fully saturated rings. The van der Waals surface area contributed by atoms with Crippen LogP contribution in [0.1, 0.15) is 49.8 Å². The fraction of sp³-hybridized carbons (Fsp3) is 0.583. The van der Waals surface area contributed by atoms with Crippen molar-refractivity contribution in [3.8, 4) is 0 Å². The second kappa shape index (κ2) is 4.20. The molecule has 2 aromatic heterocycles. The molecule has 6 heteroatoms. The fourth-order valence-corrected chi connectivity index (χ4v) is 1.63. The molecule has 0 amide bonds. The molecule has 2 N–H and O–H groups in total. The molecule has 1 atom stereocenters. The summed E-state index contributed by atoms with van der Waals surface area (Å²) in [5.74, 6) is 1.09. The van der Waals surface area contributed by atoms with Crippen LogP contribution in [0.4, 0.5) is 0 Å². The number of nitrogens with two attached hydrogens (primary N) is 1. The van der Waals surface area contributed by atoms with Crippen LogP contribution in [0.3, 0.4) is 0 Å². The smallest absolute Gasteiger partial charge is 0.232 e. The number of aryl methyl sites for hydroxylation is 1. The Kier molecular flexibility index (Phi) is 2.98. The van der Waals surface area contributed by atoms with E-state index in [9.17, 15) is 0 Å². The van der Waals surface area contributed by atoms with Gasteiger partial charge in [-0.25, -0.2) is 0 Å². The number of nitrogens with zero attached hydrogens (tertiary/aromatic N) is 4.